The maximum absolute atomic E-state index is 10.3. The molecule has 0 saturated carbocycles. The van der Waals surface area contributed by atoms with Gasteiger partial charge in [0.25, 0.3) is 0 Å². The maximum Gasteiger partial charge on any atom is 0.234 e. The van der Waals surface area contributed by atoms with Gasteiger partial charge < -0.3 is 24.6 Å². The Morgan fingerprint density at radius 3 is 2.59 bits per heavy atom. The van der Waals surface area contributed by atoms with E-state index in [2.05, 4.69) is 68.6 Å². The monoisotopic (exact) mass is 498 g/mol. The molecule has 1 N–H and O–H groups in total. The van der Waals surface area contributed by atoms with Gasteiger partial charge in [0.2, 0.25) is 5.88 Å². The molecule has 3 aromatic rings. The molecule has 3 aliphatic heterocycles. The number of nitrogens with one attached hydrogen (secondary N) is 1. The summed E-state index contributed by atoms with van der Waals surface area (Å²) in [6.45, 7) is 9.92. The van der Waals surface area contributed by atoms with Gasteiger partial charge in [0.15, 0.2) is 0 Å². The van der Waals surface area contributed by atoms with Crippen molar-refractivity contribution in [2.45, 2.75) is 13.0 Å². The first-order valence-electron chi connectivity index (χ1n) is 13.4. The van der Waals surface area contributed by atoms with Crippen LogP contribution in [-0.2, 0) is 17.7 Å². The Morgan fingerprint density at radius 1 is 0.946 bits per heavy atom. The van der Waals surface area contributed by atoms with Crippen LogP contribution >= 0.6 is 0 Å². The topological polar surface area (TPSA) is 76.9 Å². The number of pyridine rings is 1. The van der Waals surface area contributed by atoms with E-state index in [1.165, 1.54) is 22.0 Å². The number of benzene rings is 2. The number of fused-ring (bicyclic) bond motifs is 2. The molecule has 4 heterocycles. The number of aromatic nitrogens is 1. The Morgan fingerprint density at radius 2 is 1.76 bits per heavy atom. The van der Waals surface area contributed by atoms with Crippen molar-refractivity contribution in [3.8, 4) is 11.9 Å². The van der Waals surface area contributed by atoms with Crippen molar-refractivity contribution in [3.05, 3.63) is 59.2 Å². The number of piperazine rings is 1. The summed E-state index contributed by atoms with van der Waals surface area (Å²) in [5.41, 5.74) is 4.06. The zero-order chi connectivity index (χ0) is 25.0. The van der Waals surface area contributed by atoms with Crippen LogP contribution in [0, 0.1) is 11.3 Å². The highest BCUT2D eigenvalue weighted by Gasteiger charge is 2.30. The van der Waals surface area contributed by atoms with Crippen LogP contribution in [0.1, 0.15) is 16.7 Å². The van der Waals surface area contributed by atoms with Gasteiger partial charge in [-0.05, 0) is 17.9 Å². The van der Waals surface area contributed by atoms with Gasteiger partial charge in [0.05, 0.1) is 13.2 Å². The van der Waals surface area contributed by atoms with E-state index < -0.39 is 0 Å². The van der Waals surface area contributed by atoms with Crippen molar-refractivity contribution < 1.29 is 9.47 Å². The summed E-state index contributed by atoms with van der Waals surface area (Å²) in [4.78, 5) is 12.1. The van der Waals surface area contributed by atoms with Crippen LogP contribution < -0.4 is 19.9 Å². The number of anilines is 2. The average molecular weight is 499 g/mol. The van der Waals surface area contributed by atoms with E-state index in [0.29, 0.717) is 24.6 Å². The van der Waals surface area contributed by atoms with Gasteiger partial charge in [-0.15, -0.1) is 0 Å². The largest absolute Gasteiger partial charge is 0.475 e. The summed E-state index contributed by atoms with van der Waals surface area (Å²) in [7, 11) is 0. The lowest BCUT2D eigenvalue weighted by Gasteiger charge is -2.36. The van der Waals surface area contributed by atoms with Crippen LogP contribution in [0.4, 0.5) is 11.5 Å². The number of rotatable bonds is 6. The first kappa shape index (κ1) is 24.0. The smallest absolute Gasteiger partial charge is 0.234 e. The van der Waals surface area contributed by atoms with Gasteiger partial charge in [-0.3, -0.25) is 4.90 Å². The van der Waals surface area contributed by atoms with Crippen molar-refractivity contribution in [2.24, 2.45) is 0 Å². The highest BCUT2D eigenvalue weighted by molar-refractivity contribution is 5.94. The van der Waals surface area contributed by atoms with E-state index in [-0.39, 0.29) is 0 Å². The zero-order valence-corrected chi connectivity index (χ0v) is 21.3. The summed E-state index contributed by atoms with van der Waals surface area (Å²) in [6, 6.07) is 17.5. The lowest BCUT2D eigenvalue weighted by Crippen LogP contribution is -2.45. The summed E-state index contributed by atoms with van der Waals surface area (Å²) in [5.74, 6) is 1.47. The Kier molecular flexibility index (Phi) is 7.09. The molecule has 8 heteroatoms. The fourth-order valence-corrected chi connectivity index (χ4v) is 5.73. The third-order valence-electron chi connectivity index (χ3n) is 7.72. The quantitative estimate of drug-likeness (QED) is 0.556. The third kappa shape index (κ3) is 4.95. The van der Waals surface area contributed by atoms with Crippen LogP contribution in [-0.4, -0.2) is 82.1 Å². The molecule has 0 aliphatic carbocycles. The first-order chi connectivity index (χ1) is 18.3. The fourth-order valence-electron chi connectivity index (χ4n) is 5.73. The van der Waals surface area contributed by atoms with Crippen molar-refractivity contribution in [1.29, 1.82) is 5.26 Å². The highest BCUT2D eigenvalue weighted by atomic mass is 16.5. The normalized spacial score (nSPS) is 18.5. The van der Waals surface area contributed by atoms with Gasteiger partial charge in [0, 0.05) is 81.1 Å². The van der Waals surface area contributed by atoms with E-state index in [0.717, 1.165) is 83.4 Å². The molecule has 3 aliphatic rings. The van der Waals surface area contributed by atoms with E-state index in [1.54, 1.807) is 0 Å². The standard InChI is InChI=1S/C29H34N6O2/c30-20-25-26-21-35(27-7-3-5-22-4-1-2-6-23(22)27)11-8-24(26)28(34-12-9-31-10-13-34)32-29(25)37-19-16-33-14-17-36-18-15-33/h1-7,31H,8-19,21H2. The van der Waals surface area contributed by atoms with Crippen molar-refractivity contribution in [2.75, 3.05) is 82.0 Å². The molecule has 1 aromatic heterocycles. The number of hydrogen-bond acceptors (Lipinski definition) is 8. The molecule has 8 nitrogen and oxygen atoms in total. The molecule has 37 heavy (non-hydrogen) atoms. The molecular weight excluding hydrogens is 464 g/mol. The van der Waals surface area contributed by atoms with Crippen molar-refractivity contribution >= 4 is 22.3 Å². The molecule has 0 spiro atoms. The minimum absolute atomic E-state index is 0.475. The molecular formula is C29H34N6O2. The number of nitrogens with zero attached hydrogens (tertiary/aromatic N) is 5. The molecule has 0 unspecified atom stereocenters. The van der Waals surface area contributed by atoms with Gasteiger partial charge >= 0.3 is 0 Å². The number of hydrogen-bond donors (Lipinski definition) is 1. The minimum Gasteiger partial charge on any atom is -0.475 e. The first-order valence-corrected chi connectivity index (χ1v) is 13.4. The molecule has 0 amide bonds. The van der Waals surface area contributed by atoms with Crippen molar-refractivity contribution in [3.63, 3.8) is 0 Å². The second-order valence-corrected chi connectivity index (χ2v) is 9.89. The molecule has 6 rings (SSSR count). The van der Waals surface area contributed by atoms with E-state index >= 15 is 0 Å². The predicted octanol–water partition coefficient (Wildman–Crippen LogP) is 2.79. The molecule has 192 valence electrons. The molecule has 2 fully saturated rings. The second kappa shape index (κ2) is 10.9. The van der Waals surface area contributed by atoms with Crippen molar-refractivity contribution in [1.82, 2.24) is 15.2 Å². The van der Waals surface area contributed by atoms with Gasteiger partial charge in [-0.2, -0.15) is 10.2 Å². The Balaban J connectivity index is 1.34. The maximum atomic E-state index is 10.3. The lowest BCUT2D eigenvalue weighted by atomic mass is 9.94. The zero-order valence-electron chi connectivity index (χ0n) is 21.3. The fraction of sp³-hybridized carbons (Fsp3) is 0.448. The van der Waals surface area contributed by atoms with Gasteiger partial charge in [-0.25, -0.2) is 0 Å². The average Bonchev–Trinajstić information content (AvgIpc) is 2.97. The Labute approximate surface area is 218 Å². The van der Waals surface area contributed by atoms with E-state index in [9.17, 15) is 5.26 Å². The minimum atomic E-state index is 0.475. The molecule has 0 radical (unpaired) electrons. The molecule has 0 bridgehead atoms. The Hall–Kier alpha value is -3.38. The Bertz CT molecular complexity index is 1290. The number of ether oxygens (including phenoxy) is 2. The van der Waals surface area contributed by atoms with Gasteiger partial charge in [-0.1, -0.05) is 36.4 Å². The molecule has 2 aromatic carbocycles. The third-order valence-corrected chi connectivity index (χ3v) is 7.72. The highest BCUT2D eigenvalue weighted by Crippen LogP contribution is 2.38. The van der Waals surface area contributed by atoms with Crippen LogP contribution in [0.25, 0.3) is 10.8 Å². The summed E-state index contributed by atoms with van der Waals surface area (Å²) >= 11 is 0. The van der Waals surface area contributed by atoms with Crippen LogP contribution in [0.5, 0.6) is 5.88 Å². The van der Waals surface area contributed by atoms with Crippen LogP contribution in [0.2, 0.25) is 0 Å². The van der Waals surface area contributed by atoms with Crippen LogP contribution in [0.3, 0.4) is 0 Å². The number of morpholine rings is 1. The summed E-state index contributed by atoms with van der Waals surface area (Å²) < 4.78 is 11.7. The van der Waals surface area contributed by atoms with E-state index in [4.69, 9.17) is 14.5 Å². The lowest BCUT2D eigenvalue weighted by molar-refractivity contribution is 0.0320. The summed E-state index contributed by atoms with van der Waals surface area (Å²) in [6.07, 6.45) is 0.855. The molecule has 2 saturated heterocycles. The predicted molar refractivity (Wildman–Crippen MR) is 145 cm³/mol. The molecule has 0 atom stereocenters. The van der Waals surface area contributed by atoms with Gasteiger partial charge in [0.1, 0.15) is 24.1 Å². The summed E-state index contributed by atoms with van der Waals surface area (Å²) in [5, 5.41) is 16.2. The number of nitriles is 1. The van der Waals surface area contributed by atoms with E-state index in [1.807, 2.05) is 0 Å². The second-order valence-electron chi connectivity index (χ2n) is 9.89. The SMILES string of the molecule is N#Cc1c(OCCN2CCOCC2)nc(N2CCNCC2)c2c1CN(c1cccc3ccccc13)CC2. The van der Waals surface area contributed by atoms with Crippen LogP contribution in [0.15, 0.2) is 42.5 Å².